The number of nitrogens with one attached hydrogen (secondary N) is 1. The fourth-order valence-corrected chi connectivity index (χ4v) is 2.29. The van der Waals surface area contributed by atoms with Crippen LogP contribution in [-0.2, 0) is 0 Å². The van der Waals surface area contributed by atoms with Crippen LogP contribution < -0.4 is 11.1 Å². The Kier molecular flexibility index (Phi) is 4.59. The number of hydrogen-bond donors (Lipinski definition) is 3. The van der Waals surface area contributed by atoms with Crippen LogP contribution in [0.5, 0.6) is 0 Å². The summed E-state index contributed by atoms with van der Waals surface area (Å²) < 4.78 is 0. The number of nitrogens with two attached hydrogens (primary N) is 1. The third kappa shape index (κ3) is 3.74. The van der Waals surface area contributed by atoms with Crippen LogP contribution in [0, 0.1) is 0 Å². The molecule has 0 amide bonds. The molecule has 0 saturated heterocycles. The molecule has 1 aliphatic carbocycles. The predicted molar refractivity (Wildman–Crippen MR) is 73.3 cm³/mol. The van der Waals surface area contributed by atoms with Crippen LogP contribution in [0.2, 0.25) is 0 Å². The smallest absolute Gasteiger partial charge is 0.188 e. The number of nitrogens with zero attached hydrogens (tertiary/aromatic N) is 1. The molecule has 1 saturated carbocycles. The summed E-state index contributed by atoms with van der Waals surface area (Å²) in [5.74, 6) is 0.442. The molecular formula is C14H21N3O. The number of aliphatic hydroxyl groups is 1. The zero-order valence-electron chi connectivity index (χ0n) is 10.5. The quantitative estimate of drug-likeness (QED) is 0.558. The van der Waals surface area contributed by atoms with Crippen molar-refractivity contribution in [2.24, 2.45) is 10.7 Å². The second-order valence-corrected chi connectivity index (χ2v) is 4.78. The van der Waals surface area contributed by atoms with Gasteiger partial charge in [0.25, 0.3) is 0 Å². The molecule has 0 spiro atoms. The summed E-state index contributed by atoms with van der Waals surface area (Å²) in [5.41, 5.74) is 6.68. The zero-order valence-corrected chi connectivity index (χ0v) is 10.5. The zero-order chi connectivity index (χ0) is 12.8. The highest BCUT2D eigenvalue weighted by Crippen LogP contribution is 2.17. The molecule has 2 rings (SSSR count). The average molecular weight is 247 g/mol. The van der Waals surface area contributed by atoms with Crippen molar-refractivity contribution in [2.75, 3.05) is 6.54 Å². The highest BCUT2D eigenvalue weighted by Gasteiger charge is 2.15. The van der Waals surface area contributed by atoms with E-state index < -0.39 is 6.10 Å². The van der Waals surface area contributed by atoms with Gasteiger partial charge in [-0.3, -0.25) is 4.99 Å². The molecule has 0 bridgehead atoms. The Hall–Kier alpha value is -1.55. The highest BCUT2D eigenvalue weighted by molar-refractivity contribution is 5.78. The lowest BCUT2D eigenvalue weighted by Gasteiger charge is -2.13. The maximum absolute atomic E-state index is 9.94. The summed E-state index contributed by atoms with van der Waals surface area (Å²) in [5, 5.41) is 13.1. The minimum Gasteiger partial charge on any atom is -0.386 e. The van der Waals surface area contributed by atoms with Crippen molar-refractivity contribution in [1.29, 1.82) is 0 Å². The van der Waals surface area contributed by atoms with Crippen molar-refractivity contribution in [3.05, 3.63) is 35.9 Å². The van der Waals surface area contributed by atoms with E-state index >= 15 is 0 Å². The van der Waals surface area contributed by atoms with Gasteiger partial charge in [0.2, 0.25) is 0 Å². The number of benzene rings is 1. The summed E-state index contributed by atoms with van der Waals surface area (Å²) in [4.78, 5) is 4.20. The fraction of sp³-hybridized carbons (Fsp3) is 0.500. The molecule has 1 unspecified atom stereocenters. The number of aliphatic hydroxyl groups excluding tert-OH is 1. The average Bonchev–Trinajstić information content (AvgIpc) is 2.90. The summed E-state index contributed by atoms with van der Waals surface area (Å²) in [6.07, 6.45) is 4.26. The second kappa shape index (κ2) is 6.40. The maximum Gasteiger partial charge on any atom is 0.188 e. The normalized spacial score (nSPS) is 18.8. The minimum atomic E-state index is -0.588. The molecule has 0 heterocycles. The third-order valence-corrected chi connectivity index (χ3v) is 3.33. The van der Waals surface area contributed by atoms with Gasteiger partial charge in [0, 0.05) is 6.04 Å². The van der Waals surface area contributed by atoms with E-state index in [0.29, 0.717) is 18.5 Å². The molecule has 4 N–H and O–H groups in total. The van der Waals surface area contributed by atoms with Crippen molar-refractivity contribution < 1.29 is 5.11 Å². The second-order valence-electron chi connectivity index (χ2n) is 4.78. The number of hydrogen-bond acceptors (Lipinski definition) is 2. The molecule has 0 aromatic heterocycles. The van der Waals surface area contributed by atoms with Gasteiger partial charge in [-0.15, -0.1) is 0 Å². The first kappa shape index (κ1) is 12.9. The van der Waals surface area contributed by atoms with E-state index in [1.165, 1.54) is 12.8 Å². The van der Waals surface area contributed by atoms with Crippen LogP contribution in [-0.4, -0.2) is 23.7 Å². The Morgan fingerprint density at radius 3 is 2.67 bits per heavy atom. The van der Waals surface area contributed by atoms with Crippen LogP contribution in [0.4, 0.5) is 0 Å². The van der Waals surface area contributed by atoms with Crippen LogP contribution >= 0.6 is 0 Å². The van der Waals surface area contributed by atoms with Gasteiger partial charge in [-0.05, 0) is 18.4 Å². The Balaban J connectivity index is 1.82. The first-order valence-corrected chi connectivity index (χ1v) is 6.55. The summed E-state index contributed by atoms with van der Waals surface area (Å²) >= 11 is 0. The lowest BCUT2D eigenvalue weighted by molar-refractivity contribution is 0.187. The monoisotopic (exact) mass is 247 g/mol. The molecule has 0 radical (unpaired) electrons. The topological polar surface area (TPSA) is 70.6 Å². The van der Waals surface area contributed by atoms with Gasteiger partial charge in [0.15, 0.2) is 5.96 Å². The molecule has 1 aliphatic rings. The maximum atomic E-state index is 9.94. The number of aliphatic imine (C=N–C) groups is 1. The minimum absolute atomic E-state index is 0.301. The van der Waals surface area contributed by atoms with Crippen LogP contribution in [0.25, 0.3) is 0 Å². The highest BCUT2D eigenvalue weighted by atomic mass is 16.3. The summed E-state index contributed by atoms with van der Waals surface area (Å²) in [6, 6.07) is 9.98. The van der Waals surface area contributed by atoms with E-state index in [0.717, 1.165) is 18.4 Å². The molecule has 1 aromatic carbocycles. The Labute approximate surface area is 108 Å². The molecule has 4 heteroatoms. The van der Waals surface area contributed by atoms with E-state index in [9.17, 15) is 5.11 Å². The largest absolute Gasteiger partial charge is 0.386 e. The summed E-state index contributed by atoms with van der Waals surface area (Å²) in [6.45, 7) is 0.301. The lowest BCUT2D eigenvalue weighted by Crippen LogP contribution is -2.38. The van der Waals surface area contributed by atoms with Gasteiger partial charge in [-0.1, -0.05) is 43.2 Å². The van der Waals surface area contributed by atoms with Crippen molar-refractivity contribution >= 4 is 5.96 Å². The van der Waals surface area contributed by atoms with E-state index in [2.05, 4.69) is 10.3 Å². The number of guanidine groups is 1. The van der Waals surface area contributed by atoms with Crippen molar-refractivity contribution in [3.8, 4) is 0 Å². The van der Waals surface area contributed by atoms with Gasteiger partial charge < -0.3 is 16.2 Å². The molecule has 1 atom stereocenters. The summed E-state index contributed by atoms with van der Waals surface area (Å²) in [7, 11) is 0. The predicted octanol–water partition coefficient (Wildman–Crippen LogP) is 1.57. The standard InChI is InChI=1S/C14H21N3O/c15-14(17-12-8-4-5-9-12)16-10-13(18)11-6-2-1-3-7-11/h1-3,6-7,12-13,18H,4-5,8-10H2,(H3,15,16,17). The first-order chi connectivity index (χ1) is 8.75. The molecule has 1 fully saturated rings. The molecule has 1 aromatic rings. The van der Waals surface area contributed by atoms with Gasteiger partial charge in [-0.2, -0.15) is 0 Å². The van der Waals surface area contributed by atoms with E-state index in [4.69, 9.17) is 5.73 Å². The number of rotatable bonds is 4. The van der Waals surface area contributed by atoms with Crippen molar-refractivity contribution in [2.45, 2.75) is 37.8 Å². The van der Waals surface area contributed by atoms with E-state index in [-0.39, 0.29) is 0 Å². The Morgan fingerprint density at radius 2 is 2.00 bits per heavy atom. The van der Waals surface area contributed by atoms with Gasteiger partial charge in [0.1, 0.15) is 0 Å². The van der Waals surface area contributed by atoms with Crippen LogP contribution in [0.15, 0.2) is 35.3 Å². The van der Waals surface area contributed by atoms with E-state index in [1.807, 2.05) is 30.3 Å². The van der Waals surface area contributed by atoms with Crippen LogP contribution in [0.1, 0.15) is 37.4 Å². The molecule has 98 valence electrons. The molecular weight excluding hydrogens is 226 g/mol. The van der Waals surface area contributed by atoms with Crippen LogP contribution in [0.3, 0.4) is 0 Å². The molecule has 18 heavy (non-hydrogen) atoms. The fourth-order valence-electron chi connectivity index (χ4n) is 2.29. The van der Waals surface area contributed by atoms with Crippen molar-refractivity contribution in [1.82, 2.24) is 5.32 Å². The van der Waals surface area contributed by atoms with Gasteiger partial charge in [0.05, 0.1) is 12.6 Å². The Morgan fingerprint density at radius 1 is 1.33 bits per heavy atom. The molecule has 0 aliphatic heterocycles. The van der Waals surface area contributed by atoms with Gasteiger partial charge in [-0.25, -0.2) is 0 Å². The van der Waals surface area contributed by atoms with E-state index in [1.54, 1.807) is 0 Å². The van der Waals surface area contributed by atoms with Gasteiger partial charge >= 0.3 is 0 Å². The first-order valence-electron chi connectivity index (χ1n) is 6.55. The third-order valence-electron chi connectivity index (χ3n) is 3.33. The van der Waals surface area contributed by atoms with Crippen molar-refractivity contribution in [3.63, 3.8) is 0 Å². The molecule has 4 nitrogen and oxygen atoms in total. The Bertz CT molecular complexity index is 385. The lowest BCUT2D eigenvalue weighted by atomic mass is 10.1. The SMILES string of the molecule is NC(=NCC(O)c1ccccc1)NC1CCCC1.